The van der Waals surface area contributed by atoms with Crippen LogP contribution in [0.2, 0.25) is 0 Å². The molecule has 0 amide bonds. The SMILES string of the molecule is C=CC(C)(C)S(=O)(=O)C1(COc2nncc3cc(C(=O)O)c(=O)n(C)c23)CC1. The lowest BCUT2D eigenvalue weighted by Crippen LogP contribution is -2.43. The van der Waals surface area contributed by atoms with Crippen molar-refractivity contribution >= 4 is 26.7 Å². The number of carboxylic acids is 1. The molecule has 150 valence electrons. The maximum atomic E-state index is 13.0. The van der Waals surface area contributed by atoms with Gasteiger partial charge in [-0.2, -0.15) is 5.10 Å². The van der Waals surface area contributed by atoms with E-state index < -0.39 is 36.4 Å². The second-order valence-corrected chi connectivity index (χ2v) is 10.4. The molecule has 1 N–H and O–H groups in total. The summed E-state index contributed by atoms with van der Waals surface area (Å²) in [5, 5.41) is 17.2. The Bertz CT molecular complexity index is 1150. The van der Waals surface area contributed by atoms with Crippen LogP contribution in [0.25, 0.3) is 10.9 Å². The van der Waals surface area contributed by atoms with E-state index in [0.717, 1.165) is 4.57 Å². The Labute approximate surface area is 161 Å². The van der Waals surface area contributed by atoms with Crippen molar-refractivity contribution in [3.63, 3.8) is 0 Å². The molecule has 0 aliphatic heterocycles. The van der Waals surface area contributed by atoms with E-state index >= 15 is 0 Å². The second-order valence-electron chi connectivity index (χ2n) is 7.46. The maximum Gasteiger partial charge on any atom is 0.341 e. The molecule has 2 aromatic heterocycles. The average Bonchev–Trinajstić information content (AvgIpc) is 3.44. The molecule has 0 saturated heterocycles. The Kier molecular flexibility index (Phi) is 4.57. The Balaban J connectivity index is 2.01. The van der Waals surface area contributed by atoms with E-state index in [-0.39, 0.29) is 18.0 Å². The lowest BCUT2D eigenvalue weighted by atomic mass is 10.2. The van der Waals surface area contributed by atoms with Gasteiger partial charge in [0.1, 0.15) is 22.4 Å². The molecule has 2 heterocycles. The van der Waals surface area contributed by atoms with Crippen LogP contribution in [-0.4, -0.2) is 50.4 Å². The third-order valence-corrected chi connectivity index (χ3v) is 8.47. The summed E-state index contributed by atoms with van der Waals surface area (Å²) in [5.74, 6) is -1.37. The number of rotatable bonds is 7. The van der Waals surface area contributed by atoms with Crippen LogP contribution in [-0.2, 0) is 16.9 Å². The first-order valence-corrected chi connectivity index (χ1v) is 10.0. The lowest BCUT2D eigenvalue weighted by Gasteiger charge is -2.27. The number of sulfone groups is 1. The maximum absolute atomic E-state index is 13.0. The number of aromatic carboxylic acids is 1. The summed E-state index contributed by atoms with van der Waals surface area (Å²) in [6, 6.07) is 1.20. The molecule has 1 saturated carbocycles. The van der Waals surface area contributed by atoms with Gasteiger partial charge in [-0.1, -0.05) is 6.08 Å². The molecule has 0 spiro atoms. The molecular weight excluding hydrogens is 386 g/mol. The highest BCUT2D eigenvalue weighted by molar-refractivity contribution is 7.94. The standard InChI is InChI=1S/C18H21N3O6S/c1-5-17(2,3)28(25,26)18(6-7-18)10-27-14-13-11(9-19-20-14)8-12(16(23)24)15(22)21(13)4/h5,8-9H,1,6-7,10H2,2-4H3,(H,23,24). The van der Waals surface area contributed by atoms with Gasteiger partial charge in [0.15, 0.2) is 9.84 Å². The number of carboxylic acid groups (broad SMARTS) is 1. The normalized spacial score (nSPS) is 16.0. The Morgan fingerprint density at radius 2 is 2.11 bits per heavy atom. The summed E-state index contributed by atoms with van der Waals surface area (Å²) in [5.41, 5.74) is -0.872. The summed E-state index contributed by atoms with van der Waals surface area (Å²) in [7, 11) is -2.18. The summed E-state index contributed by atoms with van der Waals surface area (Å²) >= 11 is 0. The molecule has 9 nitrogen and oxygen atoms in total. The molecule has 2 aromatic rings. The van der Waals surface area contributed by atoms with E-state index in [0.29, 0.717) is 18.2 Å². The number of aryl methyl sites for hydroxylation is 1. The second kappa shape index (κ2) is 6.40. The minimum atomic E-state index is -3.57. The van der Waals surface area contributed by atoms with E-state index in [2.05, 4.69) is 16.8 Å². The van der Waals surface area contributed by atoms with Gasteiger partial charge in [0.25, 0.3) is 11.4 Å². The van der Waals surface area contributed by atoms with E-state index in [1.54, 1.807) is 13.8 Å². The largest absolute Gasteiger partial charge is 0.477 e. The third-order valence-electron chi connectivity index (χ3n) is 5.26. The van der Waals surface area contributed by atoms with Crippen LogP contribution < -0.4 is 10.3 Å². The number of hydrogen-bond acceptors (Lipinski definition) is 7. The number of aromatic nitrogens is 3. The summed E-state index contributed by atoms with van der Waals surface area (Å²) in [4.78, 5) is 23.5. The quantitative estimate of drug-likeness (QED) is 0.681. The van der Waals surface area contributed by atoms with Gasteiger partial charge in [0, 0.05) is 12.4 Å². The van der Waals surface area contributed by atoms with Gasteiger partial charge in [0.05, 0.1) is 10.9 Å². The van der Waals surface area contributed by atoms with Crippen molar-refractivity contribution in [2.45, 2.75) is 36.2 Å². The molecule has 1 fully saturated rings. The van der Waals surface area contributed by atoms with Gasteiger partial charge in [-0.3, -0.25) is 4.79 Å². The minimum Gasteiger partial charge on any atom is -0.477 e. The Hall–Kier alpha value is -2.75. The fraction of sp³-hybridized carbons (Fsp3) is 0.444. The van der Waals surface area contributed by atoms with Gasteiger partial charge in [-0.15, -0.1) is 11.7 Å². The first-order chi connectivity index (χ1) is 13.0. The van der Waals surface area contributed by atoms with Gasteiger partial charge in [0.2, 0.25) is 0 Å². The van der Waals surface area contributed by atoms with Crippen LogP contribution >= 0.6 is 0 Å². The molecular formula is C18H21N3O6S. The number of pyridine rings is 1. The molecule has 1 aliphatic carbocycles. The van der Waals surface area contributed by atoms with Crippen molar-refractivity contribution in [2.75, 3.05) is 6.61 Å². The van der Waals surface area contributed by atoms with Crippen LogP contribution in [0.3, 0.4) is 0 Å². The van der Waals surface area contributed by atoms with Crippen LogP contribution in [0.15, 0.2) is 29.7 Å². The van der Waals surface area contributed by atoms with E-state index in [1.807, 2.05) is 0 Å². The number of carbonyl (C=O) groups is 1. The molecule has 0 aromatic carbocycles. The van der Waals surface area contributed by atoms with Gasteiger partial charge in [-0.25, -0.2) is 13.2 Å². The van der Waals surface area contributed by atoms with Crippen LogP contribution in [0.1, 0.15) is 37.0 Å². The molecule has 0 unspecified atom stereocenters. The molecule has 0 atom stereocenters. The zero-order valence-corrected chi connectivity index (χ0v) is 16.6. The highest BCUT2D eigenvalue weighted by Gasteiger charge is 2.59. The van der Waals surface area contributed by atoms with Crippen LogP contribution in [0.5, 0.6) is 5.88 Å². The van der Waals surface area contributed by atoms with Gasteiger partial charge in [-0.05, 0) is 32.8 Å². The first-order valence-electron chi connectivity index (χ1n) is 8.57. The summed E-state index contributed by atoms with van der Waals surface area (Å²) < 4.78 is 30.6. The highest BCUT2D eigenvalue weighted by atomic mass is 32.2. The topological polar surface area (TPSA) is 128 Å². The van der Waals surface area contributed by atoms with Gasteiger partial charge >= 0.3 is 5.97 Å². The Morgan fingerprint density at radius 3 is 2.64 bits per heavy atom. The van der Waals surface area contributed by atoms with Crippen molar-refractivity contribution in [3.8, 4) is 5.88 Å². The summed E-state index contributed by atoms with van der Waals surface area (Å²) in [6.45, 7) is 6.65. The molecule has 28 heavy (non-hydrogen) atoms. The highest BCUT2D eigenvalue weighted by Crippen LogP contribution is 2.48. The number of nitrogens with zero attached hydrogens (tertiary/aromatic N) is 3. The predicted octanol–water partition coefficient (Wildman–Crippen LogP) is 1.32. The van der Waals surface area contributed by atoms with Crippen molar-refractivity contribution in [2.24, 2.45) is 7.05 Å². The average molecular weight is 407 g/mol. The third kappa shape index (κ3) is 2.88. The Morgan fingerprint density at radius 1 is 1.46 bits per heavy atom. The molecule has 0 radical (unpaired) electrons. The van der Waals surface area contributed by atoms with Crippen molar-refractivity contribution < 1.29 is 23.1 Å². The monoisotopic (exact) mass is 407 g/mol. The van der Waals surface area contributed by atoms with E-state index in [4.69, 9.17) is 4.74 Å². The molecule has 1 aliphatic rings. The zero-order chi connectivity index (χ0) is 20.9. The van der Waals surface area contributed by atoms with Crippen molar-refractivity contribution in [1.29, 1.82) is 0 Å². The van der Waals surface area contributed by atoms with Gasteiger partial charge < -0.3 is 14.4 Å². The number of hydrogen-bond donors (Lipinski definition) is 1. The van der Waals surface area contributed by atoms with E-state index in [1.165, 1.54) is 25.4 Å². The molecule has 3 rings (SSSR count). The first kappa shape index (κ1) is 20.0. The van der Waals surface area contributed by atoms with Crippen molar-refractivity contribution in [1.82, 2.24) is 14.8 Å². The minimum absolute atomic E-state index is 0.0214. The number of fused-ring (bicyclic) bond motifs is 1. The predicted molar refractivity (Wildman–Crippen MR) is 102 cm³/mol. The van der Waals surface area contributed by atoms with Crippen LogP contribution in [0.4, 0.5) is 0 Å². The van der Waals surface area contributed by atoms with Crippen LogP contribution in [0, 0.1) is 0 Å². The fourth-order valence-electron chi connectivity index (χ4n) is 3.07. The number of ether oxygens (including phenoxy) is 1. The lowest BCUT2D eigenvalue weighted by molar-refractivity contribution is 0.0694. The van der Waals surface area contributed by atoms with Crippen molar-refractivity contribution in [3.05, 3.63) is 40.8 Å². The molecule has 0 bridgehead atoms. The summed E-state index contributed by atoms with van der Waals surface area (Å²) in [6.07, 6.45) is 3.62. The smallest absolute Gasteiger partial charge is 0.341 e. The fourth-order valence-corrected chi connectivity index (χ4v) is 5.25. The van der Waals surface area contributed by atoms with E-state index in [9.17, 15) is 23.1 Å². The zero-order valence-electron chi connectivity index (χ0n) is 15.8. The molecule has 10 heteroatoms.